The minimum atomic E-state index is 0.149. The first-order valence-electron chi connectivity index (χ1n) is 6.09. The molecule has 0 saturated carbocycles. The number of Topliss-reactive ketones (excluding diaryl/α,β-unsaturated/α-hetero) is 1. The molecule has 3 aromatic rings. The highest BCUT2D eigenvalue weighted by Crippen LogP contribution is 2.23. The molecule has 0 unspecified atom stereocenters. The number of ketones is 1. The van der Waals surface area contributed by atoms with Crippen LogP contribution in [0.1, 0.15) is 10.5 Å². The molecule has 0 spiro atoms. The zero-order valence-corrected chi connectivity index (χ0v) is 11.4. The number of fused-ring (bicyclic) bond motifs is 1. The van der Waals surface area contributed by atoms with Gasteiger partial charge in [0.2, 0.25) is 0 Å². The van der Waals surface area contributed by atoms with Crippen LogP contribution in [0.4, 0.5) is 0 Å². The average molecular weight is 270 g/mol. The maximum absolute atomic E-state index is 12.1. The number of H-pyrrole nitrogens is 1. The molecule has 3 rings (SSSR count). The zero-order valence-electron chi connectivity index (χ0n) is 10.6. The summed E-state index contributed by atoms with van der Waals surface area (Å²) in [7, 11) is 1.89. The van der Waals surface area contributed by atoms with E-state index in [1.165, 1.54) is 5.39 Å². The Hall–Kier alpha value is -1.94. The van der Waals surface area contributed by atoms with Gasteiger partial charge in [-0.25, -0.2) is 0 Å². The van der Waals surface area contributed by atoms with E-state index in [1.807, 2.05) is 48.1 Å². The lowest BCUT2D eigenvalue weighted by molar-refractivity contribution is 0.101. The smallest absolute Gasteiger partial charge is 0.189 e. The van der Waals surface area contributed by atoms with Crippen LogP contribution in [-0.4, -0.2) is 21.1 Å². The second kappa shape index (κ2) is 4.97. The van der Waals surface area contributed by atoms with Crippen molar-refractivity contribution in [2.45, 2.75) is 5.03 Å². The number of aromatic amines is 1. The van der Waals surface area contributed by atoms with Crippen molar-refractivity contribution >= 4 is 28.4 Å². The van der Waals surface area contributed by atoms with Gasteiger partial charge in [-0.05, 0) is 24.3 Å². The first kappa shape index (κ1) is 12.1. The monoisotopic (exact) mass is 270 g/mol. The number of thioether (sulfide) groups is 1. The van der Waals surface area contributed by atoms with Gasteiger partial charge in [0.05, 0.1) is 16.5 Å². The molecule has 0 atom stereocenters. The number of benzene rings is 1. The lowest BCUT2D eigenvalue weighted by atomic mass is 10.3. The highest BCUT2D eigenvalue weighted by Gasteiger charge is 2.10. The largest absolute Gasteiger partial charge is 0.350 e. The summed E-state index contributed by atoms with van der Waals surface area (Å²) >= 11 is 1.54. The Kier molecular flexibility index (Phi) is 3.17. The summed E-state index contributed by atoms with van der Waals surface area (Å²) in [5.41, 5.74) is 1.86. The lowest BCUT2D eigenvalue weighted by Gasteiger charge is -2.01. The number of nitrogens with one attached hydrogen (secondary N) is 1. The second-order valence-corrected chi connectivity index (χ2v) is 5.45. The molecule has 0 fully saturated rings. The van der Waals surface area contributed by atoms with Crippen molar-refractivity contribution in [3.8, 4) is 0 Å². The van der Waals surface area contributed by atoms with Gasteiger partial charge in [-0.2, -0.15) is 0 Å². The molecular formula is C15H14N2OS. The molecule has 2 aromatic heterocycles. The van der Waals surface area contributed by atoms with Crippen LogP contribution in [0.2, 0.25) is 0 Å². The van der Waals surface area contributed by atoms with Crippen molar-refractivity contribution in [3.63, 3.8) is 0 Å². The second-order valence-electron chi connectivity index (χ2n) is 4.44. The fourth-order valence-electron chi connectivity index (χ4n) is 2.09. The van der Waals surface area contributed by atoms with Crippen LogP contribution in [0.25, 0.3) is 10.9 Å². The van der Waals surface area contributed by atoms with Crippen molar-refractivity contribution < 1.29 is 4.79 Å². The van der Waals surface area contributed by atoms with Crippen molar-refractivity contribution in [2.75, 3.05) is 5.75 Å². The third-order valence-corrected chi connectivity index (χ3v) is 4.03. The standard InChI is InChI=1S/C15H14N2OS/c1-17-8-4-7-13(17)14(18)10-19-15-9-11-5-2-3-6-12(11)16-15/h2-9,16H,10H2,1H3. The molecule has 2 heterocycles. The summed E-state index contributed by atoms with van der Waals surface area (Å²) in [6, 6.07) is 13.9. The van der Waals surface area contributed by atoms with E-state index in [-0.39, 0.29) is 5.78 Å². The van der Waals surface area contributed by atoms with E-state index in [1.54, 1.807) is 11.8 Å². The number of hydrogen-bond donors (Lipinski definition) is 1. The van der Waals surface area contributed by atoms with Gasteiger partial charge < -0.3 is 9.55 Å². The van der Waals surface area contributed by atoms with Crippen molar-refractivity contribution in [1.29, 1.82) is 0 Å². The van der Waals surface area contributed by atoms with E-state index in [9.17, 15) is 4.79 Å². The molecule has 1 N–H and O–H groups in total. The molecule has 0 saturated heterocycles. The van der Waals surface area contributed by atoms with E-state index in [2.05, 4.69) is 17.1 Å². The third kappa shape index (κ3) is 2.44. The number of nitrogens with zero attached hydrogens (tertiary/aromatic N) is 1. The van der Waals surface area contributed by atoms with Gasteiger partial charge in [0.25, 0.3) is 0 Å². The fraction of sp³-hybridized carbons (Fsp3) is 0.133. The minimum Gasteiger partial charge on any atom is -0.350 e. The first-order valence-corrected chi connectivity index (χ1v) is 7.08. The summed E-state index contributed by atoms with van der Waals surface area (Å²) in [5, 5.41) is 2.21. The van der Waals surface area contributed by atoms with E-state index in [4.69, 9.17) is 0 Å². The Bertz CT molecular complexity index is 693. The van der Waals surface area contributed by atoms with Crippen molar-refractivity contribution in [2.24, 2.45) is 7.05 Å². The van der Waals surface area contributed by atoms with Gasteiger partial charge in [-0.15, -0.1) is 11.8 Å². The van der Waals surface area contributed by atoms with E-state index >= 15 is 0 Å². The van der Waals surface area contributed by atoms with Crippen molar-refractivity contribution in [3.05, 3.63) is 54.4 Å². The highest BCUT2D eigenvalue weighted by atomic mass is 32.2. The van der Waals surface area contributed by atoms with E-state index < -0.39 is 0 Å². The third-order valence-electron chi connectivity index (χ3n) is 3.09. The summed E-state index contributed by atoms with van der Waals surface area (Å²) < 4.78 is 1.86. The van der Waals surface area contributed by atoms with Crippen molar-refractivity contribution in [1.82, 2.24) is 9.55 Å². The van der Waals surface area contributed by atoms with Crippen LogP contribution in [0, 0.1) is 0 Å². The molecule has 19 heavy (non-hydrogen) atoms. The molecule has 3 nitrogen and oxygen atoms in total. The van der Waals surface area contributed by atoms with Gasteiger partial charge in [0.1, 0.15) is 0 Å². The predicted octanol–water partition coefficient (Wildman–Crippen LogP) is 3.48. The maximum atomic E-state index is 12.1. The van der Waals surface area contributed by atoms with Gasteiger partial charge in [-0.3, -0.25) is 4.79 Å². The summed E-state index contributed by atoms with van der Waals surface area (Å²) in [6.07, 6.45) is 1.89. The number of para-hydroxylation sites is 1. The predicted molar refractivity (Wildman–Crippen MR) is 78.8 cm³/mol. The Morgan fingerprint density at radius 3 is 2.84 bits per heavy atom. The van der Waals surface area contributed by atoms with E-state index in [0.717, 1.165) is 16.2 Å². The van der Waals surface area contributed by atoms with Crippen LogP contribution in [0.15, 0.2) is 53.7 Å². The molecule has 4 heteroatoms. The molecule has 1 aromatic carbocycles. The number of hydrogen-bond acceptors (Lipinski definition) is 2. The SMILES string of the molecule is Cn1cccc1C(=O)CSc1cc2ccccc2[nH]1. The van der Waals surface area contributed by atoms with Crippen LogP contribution < -0.4 is 0 Å². The van der Waals surface area contributed by atoms with Crippen LogP contribution in [0.5, 0.6) is 0 Å². The molecule has 0 bridgehead atoms. The molecule has 0 aliphatic rings. The normalized spacial score (nSPS) is 11.0. The number of carbonyl (C=O) groups is 1. The molecular weight excluding hydrogens is 256 g/mol. The highest BCUT2D eigenvalue weighted by molar-refractivity contribution is 7.99. The molecule has 0 amide bonds. The fourth-order valence-corrected chi connectivity index (χ4v) is 2.92. The number of carbonyl (C=O) groups excluding carboxylic acids is 1. The number of aromatic nitrogens is 2. The van der Waals surface area contributed by atoms with Crippen LogP contribution >= 0.6 is 11.8 Å². The van der Waals surface area contributed by atoms with Crippen LogP contribution in [-0.2, 0) is 7.05 Å². The van der Waals surface area contributed by atoms with E-state index in [0.29, 0.717) is 5.75 Å². The molecule has 0 aliphatic carbocycles. The zero-order chi connectivity index (χ0) is 13.2. The first-order chi connectivity index (χ1) is 9.24. The molecule has 0 aliphatic heterocycles. The minimum absolute atomic E-state index is 0.149. The van der Waals surface area contributed by atoms with Gasteiger partial charge in [0.15, 0.2) is 5.78 Å². The Morgan fingerprint density at radius 2 is 2.11 bits per heavy atom. The Morgan fingerprint density at radius 1 is 1.26 bits per heavy atom. The Labute approximate surface area is 115 Å². The van der Waals surface area contributed by atoms with Gasteiger partial charge in [-0.1, -0.05) is 18.2 Å². The number of rotatable bonds is 4. The summed E-state index contributed by atoms with van der Waals surface area (Å²) in [5.74, 6) is 0.598. The van der Waals surface area contributed by atoms with Gasteiger partial charge >= 0.3 is 0 Å². The maximum Gasteiger partial charge on any atom is 0.189 e. The van der Waals surface area contributed by atoms with Crippen LogP contribution in [0.3, 0.4) is 0 Å². The average Bonchev–Trinajstić information content (AvgIpc) is 3.01. The summed E-state index contributed by atoms with van der Waals surface area (Å²) in [4.78, 5) is 15.4. The number of aryl methyl sites for hydroxylation is 1. The molecule has 96 valence electrons. The lowest BCUT2D eigenvalue weighted by Crippen LogP contribution is -2.07. The quantitative estimate of drug-likeness (QED) is 0.582. The molecule has 0 radical (unpaired) electrons. The topological polar surface area (TPSA) is 37.8 Å². The Balaban J connectivity index is 1.72. The summed E-state index contributed by atoms with van der Waals surface area (Å²) in [6.45, 7) is 0. The van der Waals surface area contributed by atoms with Gasteiger partial charge in [0, 0.05) is 24.1 Å².